The van der Waals surface area contributed by atoms with Crippen LogP contribution in [0.1, 0.15) is 5.56 Å². The van der Waals surface area contributed by atoms with Crippen LogP contribution in [-0.4, -0.2) is 0 Å². The van der Waals surface area contributed by atoms with Crippen molar-refractivity contribution in [3.63, 3.8) is 0 Å². The number of ether oxygens (including phenoxy) is 1. The van der Waals surface area contributed by atoms with Crippen LogP contribution in [-0.2, 0) is 6.61 Å². The molecule has 0 radical (unpaired) electrons. The highest BCUT2D eigenvalue weighted by molar-refractivity contribution is 6.31. The summed E-state index contributed by atoms with van der Waals surface area (Å²) in [5.74, 6) is 0.786. The molecule has 0 aliphatic heterocycles. The summed E-state index contributed by atoms with van der Waals surface area (Å²) in [7, 11) is 0. The van der Waals surface area contributed by atoms with Gasteiger partial charge in [-0.15, -0.1) is 0 Å². The van der Waals surface area contributed by atoms with Crippen molar-refractivity contribution in [2.75, 3.05) is 0 Å². The van der Waals surface area contributed by atoms with Crippen LogP contribution >= 0.6 is 11.6 Å². The van der Waals surface area contributed by atoms with Crippen LogP contribution in [0.25, 0.3) is 22.5 Å². The highest BCUT2D eigenvalue weighted by Crippen LogP contribution is 2.26. The molecule has 26 heavy (non-hydrogen) atoms. The first-order valence-electron chi connectivity index (χ1n) is 7.79. The zero-order chi connectivity index (χ0) is 18.1. The molecule has 0 aliphatic carbocycles. The third kappa shape index (κ3) is 3.09. The second kappa shape index (κ2) is 6.69. The summed E-state index contributed by atoms with van der Waals surface area (Å²) < 4.78 is 30.4. The molecule has 4 nitrogen and oxygen atoms in total. The van der Waals surface area contributed by atoms with E-state index in [0.717, 1.165) is 0 Å². The Morgan fingerprint density at radius 2 is 1.92 bits per heavy atom. The van der Waals surface area contributed by atoms with Crippen molar-refractivity contribution in [2.45, 2.75) is 6.61 Å². The summed E-state index contributed by atoms with van der Waals surface area (Å²) in [4.78, 5) is 12.4. The Morgan fingerprint density at radius 1 is 1.04 bits per heavy atom. The van der Waals surface area contributed by atoms with Crippen molar-refractivity contribution >= 4 is 22.6 Å². The van der Waals surface area contributed by atoms with Crippen LogP contribution in [0, 0.1) is 5.82 Å². The maximum atomic E-state index is 13.8. The van der Waals surface area contributed by atoms with Gasteiger partial charge < -0.3 is 13.6 Å². The van der Waals surface area contributed by atoms with Gasteiger partial charge in [-0.25, -0.2) is 4.39 Å². The Bertz CT molecular complexity index is 1110. The highest BCUT2D eigenvalue weighted by atomic mass is 35.5. The normalized spacial score (nSPS) is 11.0. The van der Waals surface area contributed by atoms with E-state index >= 15 is 0 Å². The van der Waals surface area contributed by atoms with E-state index in [1.807, 2.05) is 0 Å². The zero-order valence-electron chi connectivity index (χ0n) is 13.4. The number of hydrogen-bond donors (Lipinski definition) is 0. The largest absolute Gasteiger partial charge is 0.489 e. The van der Waals surface area contributed by atoms with Gasteiger partial charge in [-0.05, 0) is 42.5 Å². The lowest BCUT2D eigenvalue weighted by molar-refractivity contribution is 0.300. The standard InChI is InChI=1S/C20H12ClFO4/c21-15-3-1-4-16(22)14(15)11-25-12-6-7-18-13(9-12)17(23)10-20(26-18)19-5-2-8-24-19/h1-10H,11H2. The third-order valence-corrected chi connectivity index (χ3v) is 4.26. The zero-order valence-corrected chi connectivity index (χ0v) is 14.1. The van der Waals surface area contributed by atoms with E-state index in [0.29, 0.717) is 28.2 Å². The van der Waals surface area contributed by atoms with E-state index in [9.17, 15) is 9.18 Å². The lowest BCUT2D eigenvalue weighted by Gasteiger charge is -2.09. The molecular formula is C20H12ClFO4. The maximum absolute atomic E-state index is 13.8. The average Bonchev–Trinajstić information content (AvgIpc) is 3.16. The van der Waals surface area contributed by atoms with Crippen molar-refractivity contribution in [1.82, 2.24) is 0 Å². The van der Waals surface area contributed by atoms with Gasteiger partial charge in [0.25, 0.3) is 0 Å². The Morgan fingerprint density at radius 3 is 2.69 bits per heavy atom. The molecule has 0 N–H and O–H groups in total. The summed E-state index contributed by atoms with van der Waals surface area (Å²) >= 11 is 5.99. The second-order valence-electron chi connectivity index (χ2n) is 5.60. The fourth-order valence-corrected chi connectivity index (χ4v) is 2.81. The highest BCUT2D eigenvalue weighted by Gasteiger charge is 2.11. The summed E-state index contributed by atoms with van der Waals surface area (Å²) in [5, 5.41) is 0.644. The van der Waals surface area contributed by atoms with Gasteiger partial charge in [-0.2, -0.15) is 0 Å². The number of benzene rings is 2. The molecule has 2 aromatic carbocycles. The maximum Gasteiger partial charge on any atom is 0.193 e. The summed E-state index contributed by atoms with van der Waals surface area (Å²) in [6, 6.07) is 14.0. The molecule has 0 spiro atoms. The van der Waals surface area contributed by atoms with Gasteiger partial charge in [0, 0.05) is 11.6 Å². The quantitative estimate of drug-likeness (QED) is 0.481. The molecule has 2 heterocycles. The van der Waals surface area contributed by atoms with Gasteiger partial charge in [-0.3, -0.25) is 4.79 Å². The molecule has 0 aliphatic rings. The van der Waals surface area contributed by atoms with Crippen LogP contribution in [0.3, 0.4) is 0 Å². The van der Waals surface area contributed by atoms with E-state index in [1.165, 1.54) is 24.5 Å². The molecule has 2 aromatic heterocycles. The first-order valence-corrected chi connectivity index (χ1v) is 8.17. The van der Waals surface area contributed by atoms with Crippen LogP contribution < -0.4 is 10.2 Å². The predicted octanol–water partition coefficient (Wildman–Crippen LogP) is 5.42. The lowest BCUT2D eigenvalue weighted by atomic mass is 10.2. The molecule has 0 saturated carbocycles. The first kappa shape index (κ1) is 16.4. The number of rotatable bonds is 4. The van der Waals surface area contributed by atoms with Gasteiger partial charge >= 0.3 is 0 Å². The van der Waals surface area contributed by atoms with Gasteiger partial charge in [0.2, 0.25) is 0 Å². The van der Waals surface area contributed by atoms with E-state index in [4.69, 9.17) is 25.2 Å². The van der Waals surface area contributed by atoms with Gasteiger partial charge in [0.1, 0.15) is 23.8 Å². The molecule has 0 amide bonds. The van der Waals surface area contributed by atoms with E-state index in [1.54, 1.807) is 36.4 Å². The monoisotopic (exact) mass is 370 g/mol. The molecule has 4 aromatic rings. The average molecular weight is 371 g/mol. The first-order chi connectivity index (χ1) is 12.6. The minimum atomic E-state index is -0.444. The van der Waals surface area contributed by atoms with Crippen molar-refractivity contribution in [1.29, 1.82) is 0 Å². The molecule has 0 saturated heterocycles. The molecule has 0 atom stereocenters. The third-order valence-electron chi connectivity index (χ3n) is 3.91. The molecule has 4 rings (SSSR count). The topological polar surface area (TPSA) is 52.6 Å². The van der Waals surface area contributed by atoms with Crippen LogP contribution in [0.2, 0.25) is 5.02 Å². The fraction of sp³-hybridized carbons (Fsp3) is 0.0500. The van der Waals surface area contributed by atoms with Gasteiger partial charge in [0.15, 0.2) is 16.9 Å². The molecule has 6 heteroatoms. The Labute approximate surface area is 152 Å². The van der Waals surface area contributed by atoms with Crippen LogP contribution in [0.4, 0.5) is 4.39 Å². The van der Waals surface area contributed by atoms with Crippen molar-refractivity contribution in [3.05, 3.63) is 87.5 Å². The minimum absolute atomic E-state index is 0.0488. The predicted molar refractivity (Wildman–Crippen MR) is 95.9 cm³/mol. The van der Waals surface area contributed by atoms with Crippen molar-refractivity contribution < 1.29 is 18.0 Å². The summed E-state index contributed by atoms with van der Waals surface area (Å²) in [5.41, 5.74) is 0.432. The second-order valence-corrected chi connectivity index (χ2v) is 6.01. The van der Waals surface area contributed by atoms with Gasteiger partial charge in [0.05, 0.1) is 16.7 Å². The lowest BCUT2D eigenvalue weighted by Crippen LogP contribution is -2.02. The molecule has 0 unspecified atom stereocenters. The smallest absolute Gasteiger partial charge is 0.193 e. The molecule has 130 valence electrons. The number of halogens is 2. The summed E-state index contributed by atoms with van der Waals surface area (Å²) in [6.07, 6.45) is 1.50. The van der Waals surface area contributed by atoms with Gasteiger partial charge in [-0.1, -0.05) is 17.7 Å². The molecule has 0 bridgehead atoms. The summed E-state index contributed by atoms with van der Waals surface area (Å²) in [6.45, 7) is -0.0488. The Balaban J connectivity index is 1.65. The van der Waals surface area contributed by atoms with Crippen LogP contribution in [0.5, 0.6) is 5.75 Å². The van der Waals surface area contributed by atoms with E-state index in [-0.39, 0.29) is 22.6 Å². The Hall–Kier alpha value is -3.05. The SMILES string of the molecule is O=c1cc(-c2ccco2)oc2ccc(OCc3c(F)cccc3Cl)cc12. The number of fused-ring (bicyclic) bond motifs is 1. The molecular weight excluding hydrogens is 359 g/mol. The number of furan rings is 1. The number of hydrogen-bond acceptors (Lipinski definition) is 4. The van der Waals surface area contributed by atoms with Crippen molar-refractivity contribution in [2.24, 2.45) is 0 Å². The minimum Gasteiger partial charge on any atom is -0.489 e. The van der Waals surface area contributed by atoms with Crippen molar-refractivity contribution in [3.8, 4) is 17.3 Å². The fourth-order valence-electron chi connectivity index (χ4n) is 2.59. The van der Waals surface area contributed by atoms with E-state index < -0.39 is 5.82 Å². The van der Waals surface area contributed by atoms with Crippen LogP contribution in [0.15, 0.2) is 74.5 Å². The molecule has 0 fully saturated rings. The Kier molecular flexibility index (Phi) is 4.22. The van der Waals surface area contributed by atoms with E-state index in [2.05, 4.69) is 0 Å².